The zero-order valence-electron chi connectivity index (χ0n) is 10.7. The first-order valence-electron chi connectivity index (χ1n) is 6.08. The zero-order valence-corrected chi connectivity index (χ0v) is 12.2. The molecule has 0 aliphatic heterocycles. The fourth-order valence-corrected chi connectivity index (χ4v) is 2.65. The summed E-state index contributed by atoms with van der Waals surface area (Å²) in [5.74, 6) is -0.239. The molecule has 0 heterocycles. The molecule has 0 amide bonds. The molecule has 0 aliphatic carbocycles. The minimum atomic E-state index is -0.241. The molecule has 19 heavy (non-hydrogen) atoms. The largest absolute Gasteiger partial charge is 0.377 e. The van der Waals surface area contributed by atoms with Crippen molar-refractivity contribution >= 4 is 21.6 Å². The van der Waals surface area contributed by atoms with Crippen molar-refractivity contribution in [3.05, 3.63) is 63.9 Å². The zero-order chi connectivity index (χ0) is 13.8. The molecule has 1 unspecified atom stereocenters. The first-order valence-corrected chi connectivity index (χ1v) is 6.87. The SMILES string of the molecule is Cc1cc(Br)cc(NC(CN)c2ccccc2F)c1. The van der Waals surface area contributed by atoms with E-state index in [0.717, 1.165) is 15.7 Å². The summed E-state index contributed by atoms with van der Waals surface area (Å²) in [5.41, 5.74) is 8.39. The maximum Gasteiger partial charge on any atom is 0.128 e. The summed E-state index contributed by atoms with van der Waals surface area (Å²) in [4.78, 5) is 0. The Hall–Kier alpha value is -1.39. The van der Waals surface area contributed by atoms with E-state index in [1.165, 1.54) is 6.07 Å². The molecule has 0 fully saturated rings. The van der Waals surface area contributed by atoms with E-state index >= 15 is 0 Å². The number of halogens is 2. The van der Waals surface area contributed by atoms with Gasteiger partial charge in [0, 0.05) is 22.3 Å². The Bertz CT molecular complexity index is 552. The normalized spacial score (nSPS) is 12.2. The highest BCUT2D eigenvalue weighted by atomic mass is 79.9. The smallest absolute Gasteiger partial charge is 0.128 e. The van der Waals surface area contributed by atoms with E-state index in [4.69, 9.17) is 5.73 Å². The van der Waals surface area contributed by atoms with Crippen LogP contribution in [0.15, 0.2) is 46.9 Å². The van der Waals surface area contributed by atoms with Crippen molar-refractivity contribution in [1.82, 2.24) is 0 Å². The molecule has 4 heteroatoms. The number of aryl methyl sites for hydroxylation is 1. The van der Waals surface area contributed by atoms with Gasteiger partial charge in [0.1, 0.15) is 5.82 Å². The number of rotatable bonds is 4. The van der Waals surface area contributed by atoms with Gasteiger partial charge >= 0.3 is 0 Å². The first-order chi connectivity index (χ1) is 9.10. The van der Waals surface area contributed by atoms with Crippen molar-refractivity contribution in [2.24, 2.45) is 5.73 Å². The van der Waals surface area contributed by atoms with Crippen molar-refractivity contribution < 1.29 is 4.39 Å². The molecule has 0 saturated heterocycles. The molecule has 2 rings (SSSR count). The number of nitrogens with two attached hydrogens (primary N) is 1. The summed E-state index contributed by atoms with van der Waals surface area (Å²) >= 11 is 3.45. The van der Waals surface area contributed by atoms with Gasteiger partial charge in [0.05, 0.1) is 6.04 Å². The van der Waals surface area contributed by atoms with Gasteiger partial charge < -0.3 is 11.1 Å². The Balaban J connectivity index is 2.26. The maximum atomic E-state index is 13.8. The monoisotopic (exact) mass is 322 g/mol. The molecule has 2 aromatic carbocycles. The lowest BCUT2D eigenvalue weighted by atomic mass is 10.1. The molecule has 3 N–H and O–H groups in total. The van der Waals surface area contributed by atoms with E-state index in [1.54, 1.807) is 12.1 Å². The minimum absolute atomic E-state index is 0.239. The molecule has 2 nitrogen and oxygen atoms in total. The van der Waals surface area contributed by atoms with Gasteiger partial charge in [-0.2, -0.15) is 0 Å². The average Bonchev–Trinajstić information content (AvgIpc) is 2.36. The Kier molecular flexibility index (Phi) is 4.56. The van der Waals surface area contributed by atoms with Crippen molar-refractivity contribution in [2.45, 2.75) is 13.0 Å². The highest BCUT2D eigenvalue weighted by molar-refractivity contribution is 9.10. The summed E-state index contributed by atoms with van der Waals surface area (Å²) in [5, 5.41) is 3.27. The Morgan fingerprint density at radius 1 is 1.26 bits per heavy atom. The fourth-order valence-electron chi connectivity index (χ4n) is 2.04. The summed E-state index contributed by atoms with van der Waals surface area (Å²) < 4.78 is 14.8. The Morgan fingerprint density at radius 3 is 2.63 bits per heavy atom. The standard InChI is InChI=1S/C15H16BrFN2/c1-10-6-11(16)8-12(7-10)19-15(9-18)13-4-2-3-5-14(13)17/h2-8,15,19H,9,18H2,1H3. The molecule has 100 valence electrons. The summed E-state index contributed by atoms with van der Waals surface area (Å²) in [6.07, 6.45) is 0. The van der Waals surface area contributed by atoms with Crippen LogP contribution in [0.1, 0.15) is 17.2 Å². The van der Waals surface area contributed by atoms with Gasteiger partial charge in [-0.05, 0) is 36.8 Å². The third-order valence-electron chi connectivity index (χ3n) is 2.90. The molecule has 0 aromatic heterocycles. The van der Waals surface area contributed by atoms with E-state index < -0.39 is 0 Å². The molecule has 0 spiro atoms. The van der Waals surface area contributed by atoms with Crippen LogP contribution in [0.5, 0.6) is 0 Å². The highest BCUT2D eigenvalue weighted by Gasteiger charge is 2.13. The second-order valence-corrected chi connectivity index (χ2v) is 5.39. The molecular weight excluding hydrogens is 307 g/mol. The third kappa shape index (κ3) is 3.55. The van der Waals surface area contributed by atoms with E-state index in [9.17, 15) is 4.39 Å². The van der Waals surface area contributed by atoms with Crippen LogP contribution < -0.4 is 11.1 Å². The second kappa shape index (κ2) is 6.17. The first kappa shape index (κ1) is 14.0. The molecule has 0 bridgehead atoms. The van der Waals surface area contributed by atoms with E-state index in [0.29, 0.717) is 12.1 Å². The molecule has 2 aromatic rings. The van der Waals surface area contributed by atoms with Gasteiger partial charge in [0.25, 0.3) is 0 Å². The Labute approximate surface area is 121 Å². The van der Waals surface area contributed by atoms with Gasteiger partial charge in [0.15, 0.2) is 0 Å². The summed E-state index contributed by atoms with van der Waals surface area (Å²) in [6.45, 7) is 2.34. The molecule has 0 saturated carbocycles. The predicted octanol–water partition coefficient (Wildman–Crippen LogP) is 4.01. The van der Waals surface area contributed by atoms with E-state index in [-0.39, 0.29) is 11.9 Å². The molecule has 1 atom stereocenters. The van der Waals surface area contributed by atoms with Gasteiger partial charge in [-0.25, -0.2) is 4.39 Å². The van der Waals surface area contributed by atoms with Crippen LogP contribution in [0.2, 0.25) is 0 Å². The average molecular weight is 323 g/mol. The lowest BCUT2D eigenvalue weighted by Gasteiger charge is -2.19. The van der Waals surface area contributed by atoms with Crippen LogP contribution >= 0.6 is 15.9 Å². The lowest BCUT2D eigenvalue weighted by molar-refractivity contribution is 0.593. The third-order valence-corrected chi connectivity index (χ3v) is 3.36. The van der Waals surface area contributed by atoms with Gasteiger partial charge in [0.2, 0.25) is 0 Å². The second-order valence-electron chi connectivity index (χ2n) is 4.47. The quantitative estimate of drug-likeness (QED) is 0.892. The van der Waals surface area contributed by atoms with Crippen molar-refractivity contribution in [2.75, 3.05) is 11.9 Å². The maximum absolute atomic E-state index is 13.8. The molecule has 0 aliphatic rings. The van der Waals surface area contributed by atoms with Crippen molar-refractivity contribution in [1.29, 1.82) is 0 Å². The van der Waals surface area contributed by atoms with E-state index in [1.807, 2.05) is 31.2 Å². The van der Waals surface area contributed by atoms with Crippen molar-refractivity contribution in [3.8, 4) is 0 Å². The van der Waals surface area contributed by atoms with Crippen LogP contribution in [0.25, 0.3) is 0 Å². The summed E-state index contributed by atoms with van der Waals surface area (Å²) in [6, 6.07) is 12.4. The summed E-state index contributed by atoms with van der Waals surface area (Å²) in [7, 11) is 0. The predicted molar refractivity (Wildman–Crippen MR) is 80.7 cm³/mol. The van der Waals surface area contributed by atoms with E-state index in [2.05, 4.69) is 21.2 Å². The fraction of sp³-hybridized carbons (Fsp3) is 0.200. The Morgan fingerprint density at radius 2 is 2.00 bits per heavy atom. The molecular formula is C15H16BrFN2. The van der Waals surface area contributed by atoms with Crippen molar-refractivity contribution in [3.63, 3.8) is 0 Å². The van der Waals surface area contributed by atoms with Crippen LogP contribution in [-0.2, 0) is 0 Å². The van der Waals surface area contributed by atoms with Crippen LogP contribution in [0.4, 0.5) is 10.1 Å². The van der Waals surface area contributed by atoms with Gasteiger partial charge in [-0.1, -0.05) is 34.1 Å². The molecule has 0 radical (unpaired) electrons. The number of hydrogen-bond donors (Lipinski definition) is 2. The van der Waals surface area contributed by atoms with Crippen LogP contribution in [-0.4, -0.2) is 6.54 Å². The highest BCUT2D eigenvalue weighted by Crippen LogP contribution is 2.24. The minimum Gasteiger partial charge on any atom is -0.377 e. The number of nitrogens with one attached hydrogen (secondary N) is 1. The van der Waals surface area contributed by atoms with Crippen LogP contribution in [0, 0.1) is 12.7 Å². The number of benzene rings is 2. The van der Waals surface area contributed by atoms with Gasteiger partial charge in [-0.3, -0.25) is 0 Å². The number of hydrogen-bond acceptors (Lipinski definition) is 2. The lowest BCUT2D eigenvalue weighted by Crippen LogP contribution is -2.21. The topological polar surface area (TPSA) is 38.0 Å². The number of anilines is 1. The van der Waals surface area contributed by atoms with Crippen LogP contribution in [0.3, 0.4) is 0 Å². The van der Waals surface area contributed by atoms with Gasteiger partial charge in [-0.15, -0.1) is 0 Å².